The van der Waals surface area contributed by atoms with Crippen LogP contribution in [0.2, 0.25) is 0 Å². The summed E-state index contributed by atoms with van der Waals surface area (Å²) >= 11 is 0. The second-order valence-electron chi connectivity index (χ2n) is 9.85. The van der Waals surface area contributed by atoms with Crippen LogP contribution in [0.4, 0.5) is 26.3 Å². The van der Waals surface area contributed by atoms with Gasteiger partial charge in [-0.1, -0.05) is 24.3 Å². The van der Waals surface area contributed by atoms with Crippen LogP contribution in [0.1, 0.15) is 32.0 Å². The molecule has 40 heavy (non-hydrogen) atoms. The number of hydrogen-bond donors (Lipinski definition) is 1. The summed E-state index contributed by atoms with van der Waals surface area (Å²) in [6, 6.07) is 12.9. The first kappa shape index (κ1) is 29.2. The van der Waals surface area contributed by atoms with E-state index in [1.54, 1.807) is 26.8 Å². The molecule has 2 heterocycles. The molecule has 210 valence electrons. The maximum Gasteiger partial charge on any atom is 0.433 e. The summed E-state index contributed by atoms with van der Waals surface area (Å²) in [7, 11) is -3.88. The number of halogens is 6. The highest BCUT2D eigenvalue weighted by atomic mass is 32.2. The summed E-state index contributed by atoms with van der Waals surface area (Å²) in [5.41, 5.74) is -2.44. The zero-order valence-corrected chi connectivity index (χ0v) is 22.1. The van der Waals surface area contributed by atoms with Gasteiger partial charge in [-0.25, -0.2) is 23.1 Å². The lowest BCUT2D eigenvalue weighted by atomic mass is 10.1. The molecule has 0 fully saturated rings. The highest BCUT2D eigenvalue weighted by Crippen LogP contribution is 2.35. The second-order valence-corrected chi connectivity index (χ2v) is 11.5. The first-order valence-electron chi connectivity index (χ1n) is 11.7. The predicted molar refractivity (Wildman–Crippen MR) is 136 cm³/mol. The van der Waals surface area contributed by atoms with Gasteiger partial charge in [-0.2, -0.15) is 26.3 Å². The van der Waals surface area contributed by atoms with Gasteiger partial charge in [-0.3, -0.25) is 4.98 Å². The minimum atomic E-state index is -4.86. The summed E-state index contributed by atoms with van der Waals surface area (Å²) in [4.78, 5) is 12.0. The molecule has 0 atom stereocenters. The monoisotopic (exact) mass is 580 g/mol. The Morgan fingerprint density at radius 3 is 1.98 bits per heavy atom. The van der Waals surface area contributed by atoms with Crippen molar-refractivity contribution in [2.75, 3.05) is 0 Å². The fourth-order valence-electron chi connectivity index (χ4n) is 3.71. The zero-order valence-electron chi connectivity index (χ0n) is 21.3. The standard InChI is InChI=1S/C27H22F6N4O2S/c1-25(2,3)37-40(38,39)20-6-4-5-17(13-20)21-14-18(11-12-34-21)24-35-22(15-23(36-24)27(31,32)33)16-7-9-19(10-8-16)26(28,29)30/h4-15,37H,1-3H3. The highest BCUT2D eigenvalue weighted by molar-refractivity contribution is 7.89. The van der Waals surface area contributed by atoms with Gasteiger partial charge in [0.2, 0.25) is 10.0 Å². The van der Waals surface area contributed by atoms with Gasteiger partial charge < -0.3 is 0 Å². The third-order valence-corrected chi connectivity index (χ3v) is 7.18. The van der Waals surface area contributed by atoms with E-state index < -0.39 is 39.2 Å². The van der Waals surface area contributed by atoms with Gasteiger partial charge in [0.1, 0.15) is 5.69 Å². The van der Waals surface area contributed by atoms with E-state index in [1.807, 2.05) is 0 Å². The lowest BCUT2D eigenvalue weighted by Gasteiger charge is -2.20. The number of hydrogen-bond acceptors (Lipinski definition) is 5. The molecular formula is C27H22F6N4O2S. The molecule has 2 aromatic carbocycles. The maximum atomic E-state index is 13.7. The number of nitrogens with zero attached hydrogens (tertiary/aromatic N) is 3. The molecule has 4 rings (SSSR count). The Labute approximate surface area is 226 Å². The van der Waals surface area contributed by atoms with E-state index in [4.69, 9.17) is 0 Å². The minimum Gasteiger partial charge on any atom is -0.256 e. The molecular weight excluding hydrogens is 558 g/mol. The molecule has 1 N–H and O–H groups in total. The average Bonchev–Trinajstić information content (AvgIpc) is 2.86. The predicted octanol–water partition coefficient (Wildman–Crippen LogP) is 6.99. The summed E-state index contributed by atoms with van der Waals surface area (Å²) in [5.74, 6) is -0.341. The van der Waals surface area contributed by atoms with Crippen LogP contribution in [-0.2, 0) is 22.4 Å². The molecule has 0 amide bonds. The molecule has 0 aliphatic heterocycles. The smallest absolute Gasteiger partial charge is 0.256 e. The number of nitrogens with one attached hydrogen (secondary N) is 1. The minimum absolute atomic E-state index is 0.0284. The van der Waals surface area contributed by atoms with E-state index in [0.717, 1.165) is 24.3 Å². The van der Waals surface area contributed by atoms with Crippen LogP contribution >= 0.6 is 0 Å². The molecule has 0 radical (unpaired) electrons. The van der Waals surface area contributed by atoms with E-state index in [1.165, 1.54) is 36.5 Å². The lowest BCUT2D eigenvalue weighted by Crippen LogP contribution is -2.40. The van der Waals surface area contributed by atoms with Gasteiger partial charge in [0.25, 0.3) is 0 Å². The van der Waals surface area contributed by atoms with Crippen molar-refractivity contribution < 1.29 is 34.8 Å². The number of aromatic nitrogens is 3. The normalized spacial score (nSPS) is 12.9. The third-order valence-electron chi connectivity index (χ3n) is 5.42. The van der Waals surface area contributed by atoms with Crippen molar-refractivity contribution in [1.29, 1.82) is 0 Å². The molecule has 0 spiro atoms. The van der Waals surface area contributed by atoms with Crippen LogP contribution in [-0.4, -0.2) is 28.9 Å². The Kier molecular flexibility index (Phi) is 7.50. The van der Waals surface area contributed by atoms with Crippen molar-refractivity contribution in [2.24, 2.45) is 0 Å². The second kappa shape index (κ2) is 10.3. The third kappa shape index (κ3) is 6.83. The molecule has 0 unspecified atom stereocenters. The molecule has 13 heteroatoms. The van der Waals surface area contributed by atoms with Crippen molar-refractivity contribution in [1.82, 2.24) is 19.7 Å². The highest BCUT2D eigenvalue weighted by Gasteiger charge is 2.34. The average molecular weight is 581 g/mol. The van der Waals surface area contributed by atoms with Gasteiger partial charge in [0.15, 0.2) is 5.82 Å². The molecule has 0 aliphatic rings. The molecule has 0 aliphatic carbocycles. The summed E-state index contributed by atoms with van der Waals surface area (Å²) < 4.78 is 108. The Morgan fingerprint density at radius 2 is 1.38 bits per heavy atom. The van der Waals surface area contributed by atoms with Crippen LogP contribution < -0.4 is 4.72 Å². The van der Waals surface area contributed by atoms with Gasteiger partial charge in [0.05, 0.1) is 21.8 Å². The van der Waals surface area contributed by atoms with Crippen LogP contribution in [0.5, 0.6) is 0 Å². The molecule has 4 aromatic rings. The van der Waals surface area contributed by atoms with E-state index in [2.05, 4.69) is 19.7 Å². The van der Waals surface area contributed by atoms with E-state index in [9.17, 15) is 34.8 Å². The van der Waals surface area contributed by atoms with Crippen molar-refractivity contribution in [3.8, 4) is 33.9 Å². The SMILES string of the molecule is CC(C)(C)NS(=O)(=O)c1cccc(-c2cc(-c3nc(-c4ccc(C(F)(F)F)cc4)cc(C(F)(F)F)n3)ccn2)c1. The summed E-state index contributed by atoms with van der Waals surface area (Å²) in [5, 5.41) is 0. The fraction of sp³-hybridized carbons (Fsp3) is 0.222. The lowest BCUT2D eigenvalue weighted by molar-refractivity contribution is -0.141. The summed E-state index contributed by atoms with van der Waals surface area (Å²) in [6.45, 7) is 5.06. The Bertz CT molecular complexity index is 1650. The van der Waals surface area contributed by atoms with Gasteiger partial charge >= 0.3 is 12.4 Å². The maximum absolute atomic E-state index is 13.7. The number of pyridine rings is 1. The van der Waals surface area contributed by atoms with Crippen molar-refractivity contribution in [3.05, 3.63) is 84.2 Å². The zero-order chi connectivity index (χ0) is 29.5. The molecule has 0 bridgehead atoms. The largest absolute Gasteiger partial charge is 0.433 e. The number of alkyl halides is 6. The first-order valence-corrected chi connectivity index (χ1v) is 13.2. The molecule has 6 nitrogen and oxygen atoms in total. The topological polar surface area (TPSA) is 84.8 Å². The van der Waals surface area contributed by atoms with Crippen LogP contribution in [0, 0.1) is 0 Å². The van der Waals surface area contributed by atoms with Gasteiger partial charge in [0, 0.05) is 28.4 Å². The Balaban J connectivity index is 1.78. The van der Waals surface area contributed by atoms with E-state index in [-0.39, 0.29) is 33.2 Å². The van der Waals surface area contributed by atoms with Crippen LogP contribution in [0.3, 0.4) is 0 Å². The molecule has 0 saturated carbocycles. The van der Waals surface area contributed by atoms with E-state index in [0.29, 0.717) is 11.6 Å². The molecule has 2 aromatic heterocycles. The van der Waals surface area contributed by atoms with Gasteiger partial charge in [-0.05, 0) is 63.2 Å². The Hall–Kier alpha value is -3.84. The van der Waals surface area contributed by atoms with Crippen molar-refractivity contribution >= 4 is 10.0 Å². The van der Waals surface area contributed by atoms with Crippen LogP contribution in [0.15, 0.2) is 77.8 Å². The summed E-state index contributed by atoms with van der Waals surface area (Å²) in [6.07, 6.45) is -8.17. The van der Waals surface area contributed by atoms with Crippen LogP contribution in [0.25, 0.3) is 33.9 Å². The number of rotatable bonds is 5. The van der Waals surface area contributed by atoms with Gasteiger partial charge in [-0.15, -0.1) is 0 Å². The fourth-order valence-corrected chi connectivity index (χ4v) is 5.18. The Morgan fingerprint density at radius 1 is 0.700 bits per heavy atom. The number of sulfonamides is 1. The van der Waals surface area contributed by atoms with Crippen molar-refractivity contribution in [2.45, 2.75) is 43.6 Å². The van der Waals surface area contributed by atoms with Crippen molar-refractivity contribution in [3.63, 3.8) is 0 Å². The number of benzene rings is 2. The first-order chi connectivity index (χ1) is 18.4. The quantitative estimate of drug-likeness (QED) is 0.257. The molecule has 0 saturated heterocycles. The van der Waals surface area contributed by atoms with E-state index >= 15 is 0 Å².